The van der Waals surface area contributed by atoms with Gasteiger partial charge in [0.1, 0.15) is 0 Å². The standard InChI is InChI=1S/C18H18O2/c19-12-5-4-7-16-10-6-11-18(13-16)15-20-14-17-8-2-1-3-9-17/h1-3,6,8-11,13,19H,5,12,14-15H2. The topological polar surface area (TPSA) is 29.5 Å². The van der Waals surface area contributed by atoms with Crippen LogP contribution in [-0.2, 0) is 18.0 Å². The van der Waals surface area contributed by atoms with Gasteiger partial charge in [0, 0.05) is 12.0 Å². The maximum atomic E-state index is 8.70. The van der Waals surface area contributed by atoms with Gasteiger partial charge in [0.05, 0.1) is 19.8 Å². The van der Waals surface area contributed by atoms with E-state index in [-0.39, 0.29) is 6.61 Å². The Morgan fingerprint density at radius 3 is 2.45 bits per heavy atom. The van der Waals surface area contributed by atoms with Gasteiger partial charge in [-0.25, -0.2) is 0 Å². The molecule has 0 fully saturated rings. The van der Waals surface area contributed by atoms with E-state index in [1.54, 1.807) is 0 Å². The van der Waals surface area contributed by atoms with Crippen molar-refractivity contribution >= 4 is 0 Å². The maximum Gasteiger partial charge on any atom is 0.0721 e. The molecule has 0 heterocycles. The van der Waals surface area contributed by atoms with Crippen LogP contribution in [0.25, 0.3) is 0 Å². The lowest BCUT2D eigenvalue weighted by Crippen LogP contribution is -1.94. The highest BCUT2D eigenvalue weighted by Crippen LogP contribution is 2.08. The average molecular weight is 266 g/mol. The molecule has 102 valence electrons. The van der Waals surface area contributed by atoms with Gasteiger partial charge in [-0.3, -0.25) is 0 Å². The van der Waals surface area contributed by atoms with Crippen molar-refractivity contribution in [3.05, 3.63) is 71.3 Å². The van der Waals surface area contributed by atoms with Gasteiger partial charge in [-0.15, -0.1) is 0 Å². The number of benzene rings is 2. The minimum absolute atomic E-state index is 0.104. The molecule has 2 aromatic carbocycles. The number of hydrogen-bond acceptors (Lipinski definition) is 2. The first kappa shape index (κ1) is 14.3. The molecule has 0 atom stereocenters. The second kappa shape index (κ2) is 8.16. The molecular formula is C18H18O2. The highest BCUT2D eigenvalue weighted by molar-refractivity contribution is 5.36. The quantitative estimate of drug-likeness (QED) is 0.842. The summed E-state index contributed by atoms with van der Waals surface area (Å²) in [4.78, 5) is 0. The van der Waals surface area contributed by atoms with Crippen molar-refractivity contribution in [2.45, 2.75) is 19.6 Å². The zero-order valence-electron chi connectivity index (χ0n) is 11.4. The van der Waals surface area contributed by atoms with E-state index >= 15 is 0 Å². The molecule has 0 aliphatic carbocycles. The molecule has 0 aliphatic rings. The van der Waals surface area contributed by atoms with Gasteiger partial charge >= 0.3 is 0 Å². The van der Waals surface area contributed by atoms with Crippen LogP contribution in [0.2, 0.25) is 0 Å². The molecule has 2 heteroatoms. The van der Waals surface area contributed by atoms with Crippen LogP contribution in [0.1, 0.15) is 23.1 Å². The normalized spacial score (nSPS) is 9.85. The van der Waals surface area contributed by atoms with Crippen molar-refractivity contribution in [1.82, 2.24) is 0 Å². The lowest BCUT2D eigenvalue weighted by Gasteiger charge is -2.05. The molecular weight excluding hydrogens is 248 g/mol. The summed E-state index contributed by atoms with van der Waals surface area (Å²) < 4.78 is 5.70. The van der Waals surface area contributed by atoms with Crippen LogP contribution in [0.4, 0.5) is 0 Å². The summed E-state index contributed by atoms with van der Waals surface area (Å²) in [5.74, 6) is 5.95. The number of hydrogen-bond donors (Lipinski definition) is 1. The third-order valence-electron chi connectivity index (χ3n) is 2.78. The SMILES string of the molecule is OCCC#Cc1cccc(COCc2ccccc2)c1. The maximum absolute atomic E-state index is 8.70. The van der Waals surface area contributed by atoms with E-state index in [0.29, 0.717) is 19.6 Å². The average Bonchev–Trinajstić information content (AvgIpc) is 2.49. The zero-order chi connectivity index (χ0) is 14.0. The number of aliphatic hydroxyl groups excluding tert-OH is 1. The van der Waals surface area contributed by atoms with Gasteiger partial charge in [-0.1, -0.05) is 54.3 Å². The molecule has 0 radical (unpaired) electrons. The smallest absolute Gasteiger partial charge is 0.0721 e. The third-order valence-corrected chi connectivity index (χ3v) is 2.78. The van der Waals surface area contributed by atoms with Crippen molar-refractivity contribution < 1.29 is 9.84 Å². The van der Waals surface area contributed by atoms with Crippen LogP contribution < -0.4 is 0 Å². The minimum atomic E-state index is 0.104. The molecule has 0 unspecified atom stereocenters. The lowest BCUT2D eigenvalue weighted by molar-refractivity contribution is 0.107. The Bertz CT molecular complexity index is 579. The van der Waals surface area contributed by atoms with Crippen LogP contribution in [-0.4, -0.2) is 11.7 Å². The Hall–Kier alpha value is -2.08. The molecule has 0 spiro atoms. The first-order valence-corrected chi connectivity index (χ1v) is 6.69. The Balaban J connectivity index is 1.87. The summed E-state index contributed by atoms with van der Waals surface area (Å²) in [6, 6.07) is 18.1. The van der Waals surface area contributed by atoms with E-state index in [2.05, 4.69) is 24.0 Å². The number of rotatable bonds is 5. The van der Waals surface area contributed by atoms with Gasteiger partial charge in [-0.05, 0) is 23.3 Å². The van der Waals surface area contributed by atoms with E-state index in [9.17, 15) is 0 Å². The summed E-state index contributed by atoms with van der Waals surface area (Å²) in [6.07, 6.45) is 0.509. The molecule has 0 amide bonds. The third kappa shape index (κ3) is 4.89. The minimum Gasteiger partial charge on any atom is -0.395 e. The van der Waals surface area contributed by atoms with Crippen molar-refractivity contribution in [3.8, 4) is 11.8 Å². The van der Waals surface area contributed by atoms with Gasteiger partial charge < -0.3 is 9.84 Å². The molecule has 1 N–H and O–H groups in total. The summed E-state index contributed by atoms with van der Waals surface area (Å²) >= 11 is 0. The van der Waals surface area contributed by atoms with Crippen molar-refractivity contribution in [1.29, 1.82) is 0 Å². The van der Waals surface area contributed by atoms with Crippen LogP contribution in [0.15, 0.2) is 54.6 Å². The molecule has 0 aromatic heterocycles. The van der Waals surface area contributed by atoms with Crippen LogP contribution in [0, 0.1) is 11.8 Å². The van der Waals surface area contributed by atoms with E-state index < -0.39 is 0 Å². The second-order valence-corrected chi connectivity index (χ2v) is 4.45. The Labute approximate surface area is 120 Å². The number of aliphatic hydroxyl groups is 1. The van der Waals surface area contributed by atoms with E-state index in [4.69, 9.17) is 9.84 Å². The van der Waals surface area contributed by atoms with E-state index in [1.165, 1.54) is 5.56 Å². The predicted octanol–water partition coefficient (Wildman–Crippen LogP) is 3.14. The zero-order valence-corrected chi connectivity index (χ0v) is 11.4. The van der Waals surface area contributed by atoms with Crippen LogP contribution in [0.3, 0.4) is 0 Å². The van der Waals surface area contributed by atoms with Crippen LogP contribution >= 0.6 is 0 Å². The Morgan fingerprint density at radius 2 is 1.65 bits per heavy atom. The molecule has 0 bridgehead atoms. The second-order valence-electron chi connectivity index (χ2n) is 4.45. The van der Waals surface area contributed by atoms with Crippen molar-refractivity contribution in [2.75, 3.05) is 6.61 Å². The monoisotopic (exact) mass is 266 g/mol. The Kier molecular flexibility index (Phi) is 5.85. The van der Waals surface area contributed by atoms with E-state index in [0.717, 1.165) is 11.1 Å². The molecule has 2 aromatic rings. The summed E-state index contributed by atoms with van der Waals surface area (Å²) in [7, 11) is 0. The van der Waals surface area contributed by atoms with Gasteiger partial charge in [0.25, 0.3) is 0 Å². The molecule has 20 heavy (non-hydrogen) atoms. The summed E-state index contributed by atoms with van der Waals surface area (Å²) in [5.41, 5.74) is 3.24. The lowest BCUT2D eigenvalue weighted by atomic mass is 10.1. The fraction of sp³-hybridized carbons (Fsp3) is 0.222. The van der Waals surface area contributed by atoms with Crippen molar-refractivity contribution in [2.24, 2.45) is 0 Å². The van der Waals surface area contributed by atoms with Gasteiger partial charge in [0.2, 0.25) is 0 Å². The summed E-state index contributed by atoms with van der Waals surface area (Å²) in [5, 5.41) is 8.70. The fourth-order valence-corrected chi connectivity index (χ4v) is 1.82. The molecule has 0 saturated carbocycles. The number of ether oxygens (including phenoxy) is 1. The first-order chi connectivity index (χ1) is 9.88. The van der Waals surface area contributed by atoms with Gasteiger partial charge in [-0.2, -0.15) is 0 Å². The predicted molar refractivity (Wildman–Crippen MR) is 80.0 cm³/mol. The van der Waals surface area contributed by atoms with Gasteiger partial charge in [0.15, 0.2) is 0 Å². The highest BCUT2D eigenvalue weighted by Gasteiger charge is 1.96. The fourth-order valence-electron chi connectivity index (χ4n) is 1.82. The molecule has 0 aliphatic heterocycles. The summed E-state index contributed by atoms with van der Waals surface area (Å²) in [6.45, 7) is 1.29. The molecule has 2 nitrogen and oxygen atoms in total. The molecule has 2 rings (SSSR count). The van der Waals surface area contributed by atoms with E-state index in [1.807, 2.05) is 42.5 Å². The van der Waals surface area contributed by atoms with Crippen molar-refractivity contribution in [3.63, 3.8) is 0 Å². The first-order valence-electron chi connectivity index (χ1n) is 6.69. The Morgan fingerprint density at radius 1 is 0.900 bits per heavy atom. The molecule has 0 saturated heterocycles. The largest absolute Gasteiger partial charge is 0.395 e. The van der Waals surface area contributed by atoms with Crippen LogP contribution in [0.5, 0.6) is 0 Å². The highest BCUT2D eigenvalue weighted by atomic mass is 16.5.